The summed E-state index contributed by atoms with van der Waals surface area (Å²) in [5, 5.41) is 0.638. The van der Waals surface area contributed by atoms with Gasteiger partial charge in [-0.05, 0) is 45.9 Å². The number of likely N-dealkylation sites (tertiary alicyclic amines) is 1. The molecule has 2 aromatic rings. The van der Waals surface area contributed by atoms with Crippen molar-refractivity contribution in [1.29, 1.82) is 0 Å². The molecule has 0 N–H and O–H groups in total. The summed E-state index contributed by atoms with van der Waals surface area (Å²) in [6.07, 6.45) is 2.21. The summed E-state index contributed by atoms with van der Waals surface area (Å²) in [4.78, 5) is 7.13. The van der Waals surface area contributed by atoms with Gasteiger partial charge in [0.05, 0.1) is 21.4 Å². The van der Waals surface area contributed by atoms with Crippen molar-refractivity contribution >= 4 is 34.2 Å². The van der Waals surface area contributed by atoms with Gasteiger partial charge >= 0.3 is 0 Å². The highest BCUT2D eigenvalue weighted by Gasteiger charge is 2.28. The van der Waals surface area contributed by atoms with Crippen molar-refractivity contribution in [3.05, 3.63) is 29.0 Å². The van der Waals surface area contributed by atoms with Crippen LogP contribution in [0, 0.1) is 0 Å². The molecule has 1 aliphatic rings. The number of rotatable bonds is 2. The van der Waals surface area contributed by atoms with Crippen molar-refractivity contribution in [3.63, 3.8) is 0 Å². The Hall–Kier alpha value is -0.770. The van der Waals surface area contributed by atoms with E-state index in [-0.39, 0.29) is 5.38 Å². The van der Waals surface area contributed by atoms with Crippen LogP contribution in [0.5, 0.6) is 0 Å². The van der Waals surface area contributed by atoms with Gasteiger partial charge in [0, 0.05) is 18.6 Å². The van der Waals surface area contributed by atoms with Crippen LogP contribution in [0.2, 0.25) is 5.02 Å². The zero-order chi connectivity index (χ0) is 15.1. The summed E-state index contributed by atoms with van der Waals surface area (Å²) >= 11 is 12.8. The van der Waals surface area contributed by atoms with Crippen molar-refractivity contribution in [2.45, 2.75) is 44.1 Å². The highest BCUT2D eigenvalue weighted by molar-refractivity contribution is 6.35. The minimum absolute atomic E-state index is 0.122. The zero-order valence-corrected chi connectivity index (χ0v) is 14.2. The van der Waals surface area contributed by atoms with Crippen LogP contribution in [0.15, 0.2) is 18.2 Å². The van der Waals surface area contributed by atoms with Gasteiger partial charge in [-0.25, -0.2) is 4.98 Å². The maximum atomic E-state index is 6.45. The van der Waals surface area contributed by atoms with Gasteiger partial charge in [-0.2, -0.15) is 0 Å². The van der Waals surface area contributed by atoms with Crippen LogP contribution < -0.4 is 0 Å². The topological polar surface area (TPSA) is 21.1 Å². The standard InChI is InChI=1S/C16H21Cl2N3/c1-10-9-12(7-8-20(10)3)21-15-13(18)5-4-6-14(15)19-16(21)11(2)17/h4-6,10-12H,7-9H2,1-3H3. The summed E-state index contributed by atoms with van der Waals surface area (Å²) in [5.74, 6) is 0.932. The van der Waals surface area contributed by atoms with E-state index in [0.29, 0.717) is 12.1 Å². The molecule has 1 aromatic carbocycles. The Morgan fingerprint density at radius 2 is 2.14 bits per heavy atom. The Kier molecular flexibility index (Phi) is 4.17. The first-order valence-electron chi connectivity index (χ1n) is 7.49. The van der Waals surface area contributed by atoms with Crippen molar-refractivity contribution in [3.8, 4) is 0 Å². The number of piperidine rings is 1. The van der Waals surface area contributed by atoms with E-state index in [1.54, 1.807) is 0 Å². The Morgan fingerprint density at radius 3 is 2.81 bits per heavy atom. The summed E-state index contributed by atoms with van der Waals surface area (Å²) in [7, 11) is 2.19. The molecule has 3 unspecified atom stereocenters. The summed E-state index contributed by atoms with van der Waals surface area (Å²) in [5.41, 5.74) is 1.97. The monoisotopic (exact) mass is 325 g/mol. The molecule has 1 saturated heterocycles. The van der Waals surface area contributed by atoms with Crippen LogP contribution in [0.25, 0.3) is 11.0 Å². The Balaban J connectivity index is 2.13. The maximum Gasteiger partial charge on any atom is 0.128 e. The molecule has 1 aromatic heterocycles. The van der Waals surface area contributed by atoms with Crippen LogP contribution >= 0.6 is 23.2 Å². The molecule has 0 radical (unpaired) electrons. The molecule has 0 aliphatic carbocycles. The maximum absolute atomic E-state index is 6.45. The lowest BCUT2D eigenvalue weighted by molar-refractivity contribution is 0.157. The number of nitrogens with zero attached hydrogens (tertiary/aromatic N) is 3. The summed E-state index contributed by atoms with van der Waals surface area (Å²) < 4.78 is 2.29. The van der Waals surface area contributed by atoms with Crippen molar-refractivity contribution in [2.24, 2.45) is 0 Å². The average Bonchev–Trinajstić information content (AvgIpc) is 2.83. The van der Waals surface area contributed by atoms with Gasteiger partial charge in [-0.3, -0.25) is 0 Å². The molecule has 21 heavy (non-hydrogen) atoms. The van der Waals surface area contributed by atoms with Crippen LogP contribution in [0.3, 0.4) is 0 Å². The van der Waals surface area contributed by atoms with E-state index in [1.165, 1.54) is 0 Å². The fraction of sp³-hybridized carbons (Fsp3) is 0.562. The molecule has 1 fully saturated rings. The van der Waals surface area contributed by atoms with Gasteiger partial charge in [0.15, 0.2) is 0 Å². The van der Waals surface area contributed by atoms with Crippen LogP contribution in [-0.2, 0) is 0 Å². The molecule has 2 heterocycles. The summed E-state index contributed by atoms with van der Waals surface area (Å²) in [6, 6.07) is 6.86. The third-order valence-electron chi connectivity index (χ3n) is 4.59. The van der Waals surface area contributed by atoms with Gasteiger partial charge in [-0.15, -0.1) is 11.6 Å². The molecular weight excluding hydrogens is 305 g/mol. The fourth-order valence-corrected chi connectivity index (χ4v) is 3.69. The number of hydrogen-bond acceptors (Lipinski definition) is 2. The molecule has 0 saturated carbocycles. The number of benzene rings is 1. The third kappa shape index (κ3) is 2.67. The second-order valence-electron chi connectivity index (χ2n) is 6.07. The SMILES string of the molecule is CC(Cl)c1nc2cccc(Cl)c2n1C1CCN(C)C(C)C1. The molecule has 5 heteroatoms. The van der Waals surface area contributed by atoms with E-state index in [0.717, 1.165) is 41.3 Å². The predicted molar refractivity (Wildman–Crippen MR) is 89.4 cm³/mol. The average molecular weight is 326 g/mol. The van der Waals surface area contributed by atoms with Gasteiger partial charge in [0.2, 0.25) is 0 Å². The van der Waals surface area contributed by atoms with Crippen molar-refractivity contribution in [2.75, 3.05) is 13.6 Å². The normalized spacial score (nSPS) is 25.4. The van der Waals surface area contributed by atoms with E-state index in [2.05, 4.69) is 23.4 Å². The summed E-state index contributed by atoms with van der Waals surface area (Å²) in [6.45, 7) is 5.34. The highest BCUT2D eigenvalue weighted by Crippen LogP contribution is 2.36. The lowest BCUT2D eigenvalue weighted by Crippen LogP contribution is -2.38. The largest absolute Gasteiger partial charge is 0.322 e. The van der Waals surface area contributed by atoms with E-state index >= 15 is 0 Å². The quantitative estimate of drug-likeness (QED) is 0.749. The Labute approximate surface area is 135 Å². The number of fused-ring (bicyclic) bond motifs is 1. The molecule has 3 atom stereocenters. The Bertz CT molecular complexity index is 650. The van der Waals surface area contributed by atoms with E-state index < -0.39 is 0 Å². The van der Waals surface area contributed by atoms with E-state index in [4.69, 9.17) is 28.2 Å². The second kappa shape index (κ2) is 5.79. The lowest BCUT2D eigenvalue weighted by atomic mass is 9.98. The van der Waals surface area contributed by atoms with Crippen LogP contribution in [0.4, 0.5) is 0 Å². The first-order valence-corrected chi connectivity index (χ1v) is 8.31. The lowest BCUT2D eigenvalue weighted by Gasteiger charge is -2.36. The first-order chi connectivity index (χ1) is 9.99. The molecule has 3 rings (SSSR count). The molecule has 1 aliphatic heterocycles. The van der Waals surface area contributed by atoms with E-state index in [9.17, 15) is 0 Å². The first kappa shape index (κ1) is 15.1. The molecule has 114 valence electrons. The van der Waals surface area contributed by atoms with Gasteiger partial charge < -0.3 is 9.47 Å². The van der Waals surface area contributed by atoms with Crippen LogP contribution in [-0.4, -0.2) is 34.1 Å². The van der Waals surface area contributed by atoms with Gasteiger partial charge in [0.25, 0.3) is 0 Å². The minimum Gasteiger partial charge on any atom is -0.322 e. The number of aromatic nitrogens is 2. The molecule has 0 spiro atoms. The number of alkyl halides is 1. The minimum atomic E-state index is -0.122. The van der Waals surface area contributed by atoms with Crippen molar-refractivity contribution in [1.82, 2.24) is 14.5 Å². The second-order valence-corrected chi connectivity index (χ2v) is 7.13. The Morgan fingerprint density at radius 1 is 1.38 bits per heavy atom. The number of hydrogen-bond donors (Lipinski definition) is 0. The molecule has 3 nitrogen and oxygen atoms in total. The predicted octanol–water partition coefficient (Wildman–Crippen LogP) is 4.64. The van der Waals surface area contributed by atoms with Gasteiger partial charge in [0.1, 0.15) is 5.82 Å². The molecule has 0 amide bonds. The molecular formula is C16H21Cl2N3. The fourth-order valence-electron chi connectivity index (χ4n) is 3.27. The number of para-hydroxylation sites is 1. The number of halogens is 2. The molecule has 0 bridgehead atoms. The van der Waals surface area contributed by atoms with Gasteiger partial charge in [-0.1, -0.05) is 17.7 Å². The zero-order valence-electron chi connectivity index (χ0n) is 12.7. The van der Waals surface area contributed by atoms with Crippen LogP contribution in [0.1, 0.15) is 43.9 Å². The smallest absolute Gasteiger partial charge is 0.128 e. The third-order valence-corrected chi connectivity index (χ3v) is 5.09. The number of imidazole rings is 1. The van der Waals surface area contributed by atoms with E-state index in [1.807, 2.05) is 25.1 Å². The van der Waals surface area contributed by atoms with Crippen molar-refractivity contribution < 1.29 is 0 Å². The highest BCUT2D eigenvalue weighted by atomic mass is 35.5.